The van der Waals surface area contributed by atoms with Gasteiger partial charge in [-0.15, -0.1) is 11.3 Å². The first-order chi connectivity index (χ1) is 14.1. The van der Waals surface area contributed by atoms with Crippen LogP contribution in [-0.4, -0.2) is 44.3 Å². The van der Waals surface area contributed by atoms with Gasteiger partial charge in [0.15, 0.2) is 6.10 Å². The van der Waals surface area contributed by atoms with Gasteiger partial charge in [0.2, 0.25) is 0 Å². The van der Waals surface area contributed by atoms with E-state index in [1.807, 2.05) is 4.90 Å². The highest BCUT2D eigenvalue weighted by atomic mass is 35.5. The third kappa shape index (κ3) is 5.44. The molecule has 0 aliphatic carbocycles. The van der Waals surface area contributed by atoms with Crippen LogP contribution in [0.4, 0.5) is 24.5 Å². The molecule has 0 bridgehead atoms. The van der Waals surface area contributed by atoms with Crippen molar-refractivity contribution in [3.05, 3.63) is 45.1 Å². The van der Waals surface area contributed by atoms with E-state index in [-0.39, 0.29) is 10.6 Å². The summed E-state index contributed by atoms with van der Waals surface area (Å²) in [6, 6.07) is 6.13. The molecule has 11 heteroatoms. The van der Waals surface area contributed by atoms with Crippen LogP contribution in [0, 0.1) is 0 Å². The first-order valence-electron chi connectivity index (χ1n) is 8.96. The van der Waals surface area contributed by atoms with Crippen molar-refractivity contribution in [3.63, 3.8) is 0 Å². The number of hydrogen-bond acceptors (Lipinski definition) is 6. The van der Waals surface area contributed by atoms with Crippen LogP contribution >= 0.6 is 22.9 Å². The molecular weight excluding hydrogens is 445 g/mol. The fourth-order valence-electron chi connectivity index (χ4n) is 2.82. The molecule has 0 spiro atoms. The van der Waals surface area contributed by atoms with Crippen molar-refractivity contribution in [2.24, 2.45) is 0 Å². The molecule has 2 aromatic rings. The smallest absolute Gasteiger partial charge is 0.416 e. The monoisotopic (exact) mass is 462 g/mol. The number of amides is 1. The molecule has 1 atom stereocenters. The maximum atomic E-state index is 13.2. The summed E-state index contributed by atoms with van der Waals surface area (Å²) in [6.07, 6.45) is -5.80. The number of nitrogens with zero attached hydrogens (tertiary/aromatic N) is 1. The maximum Gasteiger partial charge on any atom is 0.416 e. The third-order valence-corrected chi connectivity index (χ3v) is 5.57. The number of esters is 1. The van der Waals surface area contributed by atoms with E-state index in [4.69, 9.17) is 21.1 Å². The van der Waals surface area contributed by atoms with Gasteiger partial charge in [-0.05, 0) is 37.3 Å². The number of morpholine rings is 1. The van der Waals surface area contributed by atoms with Gasteiger partial charge in [-0.2, -0.15) is 13.2 Å². The minimum Gasteiger partial charge on any atom is -0.448 e. The van der Waals surface area contributed by atoms with E-state index < -0.39 is 29.7 Å². The van der Waals surface area contributed by atoms with Gasteiger partial charge in [0.25, 0.3) is 5.91 Å². The van der Waals surface area contributed by atoms with E-state index in [1.165, 1.54) is 25.1 Å². The fraction of sp³-hybridized carbons (Fsp3) is 0.368. The van der Waals surface area contributed by atoms with E-state index in [1.54, 1.807) is 0 Å². The molecule has 1 unspecified atom stereocenters. The van der Waals surface area contributed by atoms with Crippen LogP contribution in [0.2, 0.25) is 4.34 Å². The standard InChI is InChI=1S/C19H18ClF3N2O4S/c1-11(29-18(27)15-4-5-16(20)30-15)17(26)24-13-10-12(19(21,22)23)2-3-14(13)25-6-8-28-9-7-25/h2-5,10-11H,6-9H2,1H3,(H,24,26). The number of carbonyl (C=O) groups is 2. The lowest BCUT2D eigenvalue weighted by Gasteiger charge is -2.31. The van der Waals surface area contributed by atoms with E-state index in [9.17, 15) is 22.8 Å². The molecule has 1 amide bonds. The third-order valence-electron chi connectivity index (χ3n) is 4.36. The molecule has 1 N–H and O–H groups in total. The second-order valence-electron chi connectivity index (χ2n) is 6.47. The lowest BCUT2D eigenvalue weighted by molar-refractivity contribution is -0.137. The lowest BCUT2D eigenvalue weighted by atomic mass is 10.1. The summed E-state index contributed by atoms with van der Waals surface area (Å²) in [5.41, 5.74) is -0.477. The van der Waals surface area contributed by atoms with Crippen LogP contribution < -0.4 is 10.2 Å². The minimum atomic E-state index is -4.57. The van der Waals surface area contributed by atoms with Crippen LogP contribution in [0.15, 0.2) is 30.3 Å². The summed E-state index contributed by atoms with van der Waals surface area (Å²) >= 11 is 6.77. The Bertz CT molecular complexity index is 929. The molecule has 1 aromatic carbocycles. The van der Waals surface area contributed by atoms with Crippen molar-refractivity contribution in [1.29, 1.82) is 0 Å². The number of hydrogen-bond donors (Lipinski definition) is 1. The quantitative estimate of drug-likeness (QED) is 0.665. The molecule has 1 aliphatic rings. The Labute approximate surface area is 179 Å². The summed E-state index contributed by atoms with van der Waals surface area (Å²) in [7, 11) is 0. The molecule has 1 aromatic heterocycles. The Morgan fingerprint density at radius 1 is 1.23 bits per heavy atom. The Morgan fingerprint density at radius 2 is 1.93 bits per heavy atom. The number of rotatable bonds is 5. The van der Waals surface area contributed by atoms with E-state index in [0.717, 1.165) is 23.5 Å². The Kier molecular flexibility index (Phi) is 6.89. The number of halogens is 4. The number of benzene rings is 1. The van der Waals surface area contributed by atoms with Crippen LogP contribution in [-0.2, 0) is 20.4 Å². The average Bonchev–Trinajstić information content (AvgIpc) is 3.14. The van der Waals surface area contributed by atoms with Crippen molar-refractivity contribution in [3.8, 4) is 0 Å². The fourth-order valence-corrected chi connectivity index (χ4v) is 3.75. The van der Waals surface area contributed by atoms with E-state index in [2.05, 4.69) is 5.32 Å². The molecule has 0 radical (unpaired) electrons. The van der Waals surface area contributed by atoms with Gasteiger partial charge < -0.3 is 19.7 Å². The Morgan fingerprint density at radius 3 is 2.53 bits per heavy atom. The van der Waals surface area contributed by atoms with E-state index >= 15 is 0 Å². The lowest BCUT2D eigenvalue weighted by Crippen LogP contribution is -2.37. The first-order valence-corrected chi connectivity index (χ1v) is 10.2. The summed E-state index contributed by atoms with van der Waals surface area (Å²) < 4.78 is 50.3. The van der Waals surface area contributed by atoms with E-state index in [0.29, 0.717) is 36.3 Å². The van der Waals surface area contributed by atoms with Crippen molar-refractivity contribution in [1.82, 2.24) is 0 Å². The highest BCUT2D eigenvalue weighted by molar-refractivity contribution is 7.17. The zero-order chi connectivity index (χ0) is 21.9. The van der Waals surface area contributed by atoms with Crippen LogP contribution in [0.3, 0.4) is 0 Å². The second-order valence-corrected chi connectivity index (χ2v) is 8.18. The molecule has 1 saturated heterocycles. The molecule has 1 fully saturated rings. The Hall–Kier alpha value is -2.30. The second kappa shape index (κ2) is 9.23. The molecule has 30 heavy (non-hydrogen) atoms. The zero-order valence-electron chi connectivity index (χ0n) is 15.8. The van der Waals surface area contributed by atoms with Gasteiger partial charge in [-0.3, -0.25) is 4.79 Å². The predicted octanol–water partition coefficient (Wildman–Crippen LogP) is 4.44. The SMILES string of the molecule is CC(OC(=O)c1ccc(Cl)s1)C(=O)Nc1cc(C(F)(F)F)ccc1N1CCOCC1. The van der Waals surface area contributed by atoms with Gasteiger partial charge in [-0.1, -0.05) is 11.6 Å². The Balaban J connectivity index is 1.78. The largest absolute Gasteiger partial charge is 0.448 e. The summed E-state index contributed by atoms with van der Waals surface area (Å²) in [5.74, 6) is -1.49. The topological polar surface area (TPSA) is 67.9 Å². The summed E-state index contributed by atoms with van der Waals surface area (Å²) in [5, 5.41) is 2.46. The van der Waals surface area contributed by atoms with Crippen molar-refractivity contribution in [2.75, 3.05) is 36.5 Å². The summed E-state index contributed by atoms with van der Waals surface area (Å²) in [6.45, 7) is 3.12. The predicted molar refractivity (Wildman–Crippen MR) is 107 cm³/mol. The highest BCUT2D eigenvalue weighted by Crippen LogP contribution is 2.36. The average molecular weight is 463 g/mol. The van der Waals surface area contributed by atoms with Crippen LogP contribution in [0.1, 0.15) is 22.2 Å². The minimum absolute atomic E-state index is 0.0150. The first kappa shape index (κ1) is 22.4. The number of ether oxygens (including phenoxy) is 2. The number of anilines is 2. The highest BCUT2D eigenvalue weighted by Gasteiger charge is 2.32. The molecule has 162 valence electrons. The molecule has 3 rings (SSSR count). The molecule has 2 heterocycles. The van der Waals surface area contributed by atoms with Gasteiger partial charge in [-0.25, -0.2) is 4.79 Å². The van der Waals surface area contributed by atoms with Crippen molar-refractivity contribution < 1.29 is 32.2 Å². The van der Waals surface area contributed by atoms with Gasteiger partial charge >= 0.3 is 12.1 Å². The summed E-state index contributed by atoms with van der Waals surface area (Å²) in [4.78, 5) is 26.7. The number of nitrogens with one attached hydrogen (secondary N) is 1. The molecule has 1 aliphatic heterocycles. The normalized spacial score (nSPS) is 15.6. The molecular formula is C19H18ClF3N2O4S. The van der Waals surface area contributed by atoms with Gasteiger partial charge in [0.1, 0.15) is 4.88 Å². The van der Waals surface area contributed by atoms with Crippen molar-refractivity contribution in [2.45, 2.75) is 19.2 Å². The van der Waals surface area contributed by atoms with Crippen molar-refractivity contribution >= 4 is 46.2 Å². The number of thiophene rings is 1. The van der Waals surface area contributed by atoms with Crippen LogP contribution in [0.5, 0.6) is 0 Å². The van der Waals surface area contributed by atoms with Gasteiger partial charge in [0, 0.05) is 13.1 Å². The van der Waals surface area contributed by atoms with Gasteiger partial charge in [0.05, 0.1) is 34.5 Å². The maximum absolute atomic E-state index is 13.2. The zero-order valence-corrected chi connectivity index (χ0v) is 17.4. The molecule has 6 nitrogen and oxygen atoms in total. The molecule has 0 saturated carbocycles. The number of alkyl halides is 3. The number of carbonyl (C=O) groups excluding carboxylic acids is 2. The van der Waals surface area contributed by atoms with Crippen LogP contribution in [0.25, 0.3) is 0 Å².